The SMILES string of the molecule is O=C(NCCc1ccc(F)cc1)N1CCCN(Cc2ccccc2)CC1. The molecule has 26 heavy (non-hydrogen) atoms. The van der Waals surface area contributed by atoms with E-state index in [-0.39, 0.29) is 11.8 Å². The second-order valence-electron chi connectivity index (χ2n) is 6.71. The lowest BCUT2D eigenvalue weighted by atomic mass is 10.1. The van der Waals surface area contributed by atoms with Crippen LogP contribution in [0.1, 0.15) is 17.5 Å². The van der Waals surface area contributed by atoms with Crippen molar-refractivity contribution in [2.45, 2.75) is 19.4 Å². The van der Waals surface area contributed by atoms with Gasteiger partial charge in [0.25, 0.3) is 0 Å². The van der Waals surface area contributed by atoms with Crippen molar-refractivity contribution in [3.63, 3.8) is 0 Å². The molecule has 1 N–H and O–H groups in total. The molecule has 0 saturated carbocycles. The highest BCUT2D eigenvalue weighted by Crippen LogP contribution is 2.09. The highest BCUT2D eigenvalue weighted by atomic mass is 19.1. The predicted octanol–water partition coefficient (Wildman–Crippen LogP) is 3.29. The Kier molecular flexibility index (Phi) is 6.61. The average molecular weight is 355 g/mol. The maximum absolute atomic E-state index is 12.9. The first-order chi connectivity index (χ1) is 12.7. The number of rotatable bonds is 5. The van der Waals surface area contributed by atoms with Gasteiger partial charge in [-0.25, -0.2) is 9.18 Å². The number of benzene rings is 2. The fraction of sp³-hybridized carbons (Fsp3) is 0.381. The quantitative estimate of drug-likeness (QED) is 0.893. The molecule has 0 bridgehead atoms. The average Bonchev–Trinajstić information content (AvgIpc) is 2.90. The lowest BCUT2D eigenvalue weighted by Gasteiger charge is -2.22. The summed E-state index contributed by atoms with van der Waals surface area (Å²) in [6, 6.07) is 16.9. The van der Waals surface area contributed by atoms with E-state index >= 15 is 0 Å². The van der Waals surface area contributed by atoms with Gasteiger partial charge in [0.2, 0.25) is 0 Å². The standard InChI is InChI=1S/C21H26FN3O/c22-20-9-7-18(8-10-20)11-12-23-21(26)25-14-4-13-24(15-16-25)17-19-5-2-1-3-6-19/h1-3,5-10H,4,11-17H2,(H,23,26). The van der Waals surface area contributed by atoms with Crippen molar-refractivity contribution in [2.24, 2.45) is 0 Å². The number of amides is 2. The van der Waals surface area contributed by atoms with Crippen LogP contribution in [0.25, 0.3) is 0 Å². The molecule has 2 aromatic rings. The number of carbonyl (C=O) groups excluding carboxylic acids is 1. The Labute approximate surface area is 154 Å². The third-order valence-corrected chi connectivity index (χ3v) is 4.73. The number of urea groups is 1. The molecule has 1 fully saturated rings. The highest BCUT2D eigenvalue weighted by molar-refractivity contribution is 5.74. The van der Waals surface area contributed by atoms with Crippen molar-refractivity contribution in [3.8, 4) is 0 Å². The third-order valence-electron chi connectivity index (χ3n) is 4.73. The Balaban J connectivity index is 1.41. The van der Waals surface area contributed by atoms with Crippen LogP contribution in [0.4, 0.5) is 9.18 Å². The van der Waals surface area contributed by atoms with Crippen molar-refractivity contribution in [2.75, 3.05) is 32.7 Å². The third kappa shape index (κ3) is 5.56. The van der Waals surface area contributed by atoms with Gasteiger partial charge in [0, 0.05) is 39.3 Å². The molecule has 2 amide bonds. The fourth-order valence-electron chi connectivity index (χ4n) is 3.25. The number of hydrogen-bond donors (Lipinski definition) is 1. The van der Waals surface area contributed by atoms with Gasteiger partial charge in [-0.15, -0.1) is 0 Å². The van der Waals surface area contributed by atoms with Gasteiger partial charge in [0.05, 0.1) is 0 Å². The first-order valence-corrected chi connectivity index (χ1v) is 9.24. The Hall–Kier alpha value is -2.40. The molecule has 138 valence electrons. The molecule has 0 spiro atoms. The zero-order valence-electron chi connectivity index (χ0n) is 15.0. The van der Waals surface area contributed by atoms with Crippen LogP contribution in [0.3, 0.4) is 0 Å². The van der Waals surface area contributed by atoms with Crippen LogP contribution in [0.15, 0.2) is 54.6 Å². The molecule has 1 aliphatic heterocycles. The van der Waals surface area contributed by atoms with Gasteiger partial charge in [0.15, 0.2) is 0 Å². The van der Waals surface area contributed by atoms with E-state index in [4.69, 9.17) is 0 Å². The first-order valence-electron chi connectivity index (χ1n) is 9.24. The molecule has 0 atom stereocenters. The molecular formula is C21H26FN3O. The summed E-state index contributed by atoms with van der Waals surface area (Å²) in [5.41, 5.74) is 2.33. The van der Waals surface area contributed by atoms with E-state index in [1.807, 2.05) is 11.0 Å². The van der Waals surface area contributed by atoms with Crippen molar-refractivity contribution in [1.29, 1.82) is 0 Å². The summed E-state index contributed by atoms with van der Waals surface area (Å²) < 4.78 is 12.9. The van der Waals surface area contributed by atoms with Gasteiger partial charge in [-0.3, -0.25) is 4.90 Å². The Morgan fingerprint density at radius 3 is 2.46 bits per heavy atom. The monoisotopic (exact) mass is 355 g/mol. The minimum absolute atomic E-state index is 0.00586. The molecule has 0 radical (unpaired) electrons. The minimum atomic E-state index is -0.234. The summed E-state index contributed by atoms with van der Waals surface area (Å²) >= 11 is 0. The van der Waals surface area contributed by atoms with Gasteiger partial charge in [-0.2, -0.15) is 0 Å². The molecule has 4 nitrogen and oxygen atoms in total. The summed E-state index contributed by atoms with van der Waals surface area (Å²) in [5.74, 6) is -0.234. The Morgan fingerprint density at radius 2 is 1.69 bits per heavy atom. The van der Waals surface area contributed by atoms with Crippen molar-refractivity contribution in [1.82, 2.24) is 15.1 Å². The van der Waals surface area contributed by atoms with Crippen LogP contribution < -0.4 is 5.32 Å². The molecule has 0 unspecified atom stereocenters. The number of carbonyl (C=O) groups is 1. The molecule has 3 rings (SSSR count). The molecule has 0 aromatic heterocycles. The summed E-state index contributed by atoms with van der Waals surface area (Å²) in [6.45, 7) is 4.92. The Morgan fingerprint density at radius 1 is 0.923 bits per heavy atom. The van der Waals surface area contributed by atoms with Crippen LogP contribution in [0.5, 0.6) is 0 Å². The smallest absolute Gasteiger partial charge is 0.317 e. The first kappa shape index (κ1) is 18.4. The lowest BCUT2D eigenvalue weighted by Crippen LogP contribution is -2.42. The van der Waals surface area contributed by atoms with E-state index in [2.05, 4.69) is 34.5 Å². The van der Waals surface area contributed by atoms with E-state index in [0.717, 1.165) is 44.7 Å². The van der Waals surface area contributed by atoms with E-state index in [0.29, 0.717) is 13.0 Å². The van der Waals surface area contributed by atoms with Crippen LogP contribution in [0, 0.1) is 5.82 Å². The maximum atomic E-state index is 12.9. The van der Waals surface area contributed by atoms with Crippen LogP contribution in [-0.4, -0.2) is 48.6 Å². The summed E-state index contributed by atoms with van der Waals surface area (Å²) in [5, 5.41) is 2.98. The lowest BCUT2D eigenvalue weighted by molar-refractivity contribution is 0.198. The van der Waals surface area contributed by atoms with Gasteiger partial charge in [-0.1, -0.05) is 42.5 Å². The summed E-state index contributed by atoms with van der Waals surface area (Å²) in [7, 11) is 0. The second-order valence-corrected chi connectivity index (χ2v) is 6.71. The van der Waals surface area contributed by atoms with Gasteiger partial charge >= 0.3 is 6.03 Å². The summed E-state index contributed by atoms with van der Waals surface area (Å²) in [4.78, 5) is 16.7. The molecule has 1 saturated heterocycles. The molecule has 5 heteroatoms. The van der Waals surface area contributed by atoms with Crippen molar-refractivity contribution < 1.29 is 9.18 Å². The predicted molar refractivity (Wildman–Crippen MR) is 101 cm³/mol. The Bertz CT molecular complexity index is 690. The topological polar surface area (TPSA) is 35.6 Å². The van der Waals surface area contributed by atoms with Gasteiger partial charge < -0.3 is 10.2 Å². The molecule has 2 aromatic carbocycles. The second kappa shape index (κ2) is 9.34. The maximum Gasteiger partial charge on any atom is 0.317 e. The van der Waals surface area contributed by atoms with Gasteiger partial charge in [-0.05, 0) is 36.1 Å². The summed E-state index contributed by atoms with van der Waals surface area (Å²) in [6.07, 6.45) is 1.69. The molecular weight excluding hydrogens is 329 g/mol. The normalized spacial score (nSPS) is 15.5. The fourth-order valence-corrected chi connectivity index (χ4v) is 3.25. The highest BCUT2D eigenvalue weighted by Gasteiger charge is 2.18. The van der Waals surface area contributed by atoms with E-state index in [1.165, 1.54) is 17.7 Å². The number of nitrogens with zero attached hydrogens (tertiary/aromatic N) is 2. The number of halogens is 1. The van der Waals surface area contributed by atoms with Crippen molar-refractivity contribution >= 4 is 6.03 Å². The van der Waals surface area contributed by atoms with Gasteiger partial charge in [0.1, 0.15) is 5.82 Å². The van der Waals surface area contributed by atoms with E-state index in [9.17, 15) is 9.18 Å². The number of hydrogen-bond acceptors (Lipinski definition) is 2. The number of nitrogens with one attached hydrogen (secondary N) is 1. The zero-order valence-corrected chi connectivity index (χ0v) is 15.0. The van der Waals surface area contributed by atoms with E-state index in [1.54, 1.807) is 12.1 Å². The molecule has 1 heterocycles. The van der Waals surface area contributed by atoms with Crippen LogP contribution in [0.2, 0.25) is 0 Å². The van der Waals surface area contributed by atoms with Crippen molar-refractivity contribution in [3.05, 3.63) is 71.5 Å². The molecule has 0 aliphatic carbocycles. The van der Waals surface area contributed by atoms with E-state index < -0.39 is 0 Å². The zero-order chi connectivity index (χ0) is 18.2. The largest absolute Gasteiger partial charge is 0.338 e. The minimum Gasteiger partial charge on any atom is -0.338 e. The van der Waals surface area contributed by atoms with Crippen LogP contribution >= 0.6 is 0 Å². The van der Waals surface area contributed by atoms with Crippen LogP contribution in [-0.2, 0) is 13.0 Å². The molecule has 1 aliphatic rings.